The predicted octanol–water partition coefficient (Wildman–Crippen LogP) is 2.85. The average Bonchev–Trinajstić information content (AvgIpc) is 2.33. The zero-order chi connectivity index (χ0) is 15.8. The van der Waals surface area contributed by atoms with Crippen molar-refractivity contribution in [2.75, 3.05) is 26.2 Å². The van der Waals surface area contributed by atoms with Crippen molar-refractivity contribution in [2.24, 2.45) is 0 Å². The maximum atomic E-state index is 8.50. The van der Waals surface area contributed by atoms with Crippen LogP contribution in [0.15, 0.2) is 0 Å². The van der Waals surface area contributed by atoms with E-state index in [1.165, 1.54) is 0 Å². The summed E-state index contributed by atoms with van der Waals surface area (Å²) in [4.78, 5) is 4.02. The number of thiocarbonyl (C=S) groups is 2. The van der Waals surface area contributed by atoms with E-state index in [-0.39, 0.29) is 0 Å². The van der Waals surface area contributed by atoms with Gasteiger partial charge in [-0.2, -0.15) is 0 Å². The third-order valence-electron chi connectivity index (χ3n) is 2.07. The van der Waals surface area contributed by atoms with Crippen LogP contribution < -0.4 is 0 Å². The standard InChI is InChI=1S/2C5H11NS2.Mo.2O/c2*1-3-6(4-2)5(7)8;;;/h2*3-4H2,1-2H3,(H,7,8);;;. The summed E-state index contributed by atoms with van der Waals surface area (Å²) in [6, 6.07) is 0. The SMILES string of the molecule is CCN(CC)C(=S)S.CCN(CC)C(=S)S.[O]=[Mo]=[O]. The van der Waals surface area contributed by atoms with Gasteiger partial charge < -0.3 is 9.80 Å². The van der Waals surface area contributed by atoms with Crippen molar-refractivity contribution in [1.82, 2.24) is 9.80 Å². The van der Waals surface area contributed by atoms with E-state index in [0.29, 0.717) is 8.64 Å². The van der Waals surface area contributed by atoms with E-state index in [0.717, 1.165) is 26.2 Å². The van der Waals surface area contributed by atoms with Crippen molar-refractivity contribution in [2.45, 2.75) is 27.7 Å². The molecule has 0 saturated heterocycles. The summed E-state index contributed by atoms with van der Waals surface area (Å²) in [6.45, 7) is 12.1. The summed E-state index contributed by atoms with van der Waals surface area (Å²) in [6.07, 6.45) is 0. The van der Waals surface area contributed by atoms with Gasteiger partial charge in [0.25, 0.3) is 0 Å². The van der Waals surface area contributed by atoms with E-state index in [9.17, 15) is 0 Å². The van der Waals surface area contributed by atoms with Crippen molar-refractivity contribution in [1.29, 1.82) is 0 Å². The Morgan fingerprint density at radius 2 is 1.00 bits per heavy atom. The van der Waals surface area contributed by atoms with Gasteiger partial charge in [-0.05, 0) is 27.7 Å². The molecular formula is C10H22MoN2O2S4. The molecule has 0 amide bonds. The molecule has 0 aliphatic heterocycles. The van der Waals surface area contributed by atoms with Gasteiger partial charge in [0.2, 0.25) is 0 Å². The normalized spacial score (nSPS) is 8.11. The quantitative estimate of drug-likeness (QED) is 0.409. The van der Waals surface area contributed by atoms with Crippen LogP contribution in [0.25, 0.3) is 0 Å². The Morgan fingerprint density at radius 3 is 1.00 bits per heavy atom. The molecule has 0 bridgehead atoms. The van der Waals surface area contributed by atoms with Crippen molar-refractivity contribution in [3.05, 3.63) is 0 Å². The van der Waals surface area contributed by atoms with Crippen LogP contribution in [0, 0.1) is 0 Å². The molecular weight excluding hydrogens is 404 g/mol. The second-order valence-electron chi connectivity index (χ2n) is 2.98. The van der Waals surface area contributed by atoms with Crippen LogP contribution in [0.4, 0.5) is 0 Å². The molecule has 0 saturated carbocycles. The van der Waals surface area contributed by atoms with Gasteiger partial charge in [0.15, 0.2) is 0 Å². The maximum absolute atomic E-state index is 8.50. The van der Waals surface area contributed by atoms with Crippen molar-refractivity contribution in [3.8, 4) is 0 Å². The minimum atomic E-state index is -2.03. The molecule has 0 aromatic heterocycles. The number of hydrogen-bond donors (Lipinski definition) is 2. The summed E-state index contributed by atoms with van der Waals surface area (Å²) in [7, 11) is 0. The molecule has 19 heavy (non-hydrogen) atoms. The van der Waals surface area contributed by atoms with Crippen molar-refractivity contribution in [3.63, 3.8) is 0 Å². The summed E-state index contributed by atoms with van der Waals surface area (Å²) >= 11 is 15.6. The number of hydrogen-bond acceptors (Lipinski definition) is 4. The van der Waals surface area contributed by atoms with Gasteiger partial charge in [0, 0.05) is 26.2 Å². The molecule has 0 rings (SSSR count). The first-order valence-electron chi connectivity index (χ1n) is 5.73. The van der Waals surface area contributed by atoms with Crippen LogP contribution in [0.2, 0.25) is 0 Å². The summed E-state index contributed by atoms with van der Waals surface area (Å²) in [5.41, 5.74) is 0. The summed E-state index contributed by atoms with van der Waals surface area (Å²) in [5.74, 6) is 0. The molecule has 0 unspecified atom stereocenters. The molecule has 0 aromatic carbocycles. The second kappa shape index (κ2) is 18.8. The third kappa shape index (κ3) is 18.8. The Morgan fingerprint density at radius 1 is 0.842 bits per heavy atom. The Kier molecular flexibility index (Phi) is 24.5. The van der Waals surface area contributed by atoms with Gasteiger partial charge in [-0.3, -0.25) is 0 Å². The number of rotatable bonds is 4. The van der Waals surface area contributed by atoms with Crippen LogP contribution in [-0.2, 0) is 25.3 Å². The monoisotopic (exact) mass is 428 g/mol. The van der Waals surface area contributed by atoms with Crippen LogP contribution in [0.5, 0.6) is 0 Å². The van der Waals surface area contributed by atoms with Crippen LogP contribution >= 0.6 is 49.7 Å². The van der Waals surface area contributed by atoms with Gasteiger partial charge in [-0.25, -0.2) is 0 Å². The zero-order valence-corrected chi connectivity index (χ0v) is 17.1. The number of nitrogens with zero attached hydrogens (tertiary/aromatic N) is 2. The van der Waals surface area contributed by atoms with Crippen molar-refractivity contribution < 1.29 is 25.3 Å². The predicted molar refractivity (Wildman–Crippen MR) is 90.4 cm³/mol. The van der Waals surface area contributed by atoms with Gasteiger partial charge in [-0.1, -0.05) is 24.4 Å². The van der Waals surface area contributed by atoms with Gasteiger partial charge >= 0.3 is 25.3 Å². The summed E-state index contributed by atoms with van der Waals surface area (Å²) < 4.78 is 18.4. The molecule has 0 fully saturated rings. The van der Waals surface area contributed by atoms with E-state index >= 15 is 0 Å². The van der Waals surface area contributed by atoms with E-state index < -0.39 is 18.5 Å². The van der Waals surface area contributed by atoms with Crippen LogP contribution in [0.1, 0.15) is 27.7 Å². The van der Waals surface area contributed by atoms with E-state index in [2.05, 4.69) is 53.0 Å². The molecule has 0 atom stereocenters. The zero-order valence-electron chi connectivity index (χ0n) is 11.7. The van der Waals surface area contributed by atoms with Crippen LogP contribution in [-0.4, -0.2) is 44.6 Å². The molecule has 4 nitrogen and oxygen atoms in total. The fourth-order valence-electron chi connectivity index (χ4n) is 0.988. The molecule has 0 spiro atoms. The minimum absolute atomic E-state index is 0.690. The first-order chi connectivity index (χ1) is 8.85. The molecule has 0 radical (unpaired) electrons. The average molecular weight is 427 g/mol. The Balaban J connectivity index is -0.000000224. The fraction of sp³-hybridized carbons (Fsp3) is 0.800. The van der Waals surface area contributed by atoms with Gasteiger partial charge in [0.05, 0.1) is 0 Å². The van der Waals surface area contributed by atoms with Crippen molar-refractivity contribution >= 4 is 58.3 Å². The van der Waals surface area contributed by atoms with Gasteiger partial charge in [0.1, 0.15) is 8.64 Å². The third-order valence-corrected chi connectivity index (χ3v) is 3.15. The first-order valence-corrected chi connectivity index (χ1v) is 9.08. The Labute approximate surface area is 146 Å². The molecule has 114 valence electrons. The first kappa shape index (κ1) is 24.8. The van der Waals surface area contributed by atoms with Gasteiger partial charge in [-0.15, -0.1) is 25.3 Å². The Hall–Kier alpha value is 0.768. The summed E-state index contributed by atoms with van der Waals surface area (Å²) in [5, 5.41) is 0. The molecule has 0 aromatic rings. The van der Waals surface area contributed by atoms with E-state index in [1.807, 2.05) is 9.80 Å². The molecule has 0 aliphatic rings. The molecule has 0 aliphatic carbocycles. The number of thiol groups is 2. The Bertz CT molecular complexity index is 257. The second-order valence-corrected chi connectivity index (χ2v) is 5.54. The molecule has 0 N–H and O–H groups in total. The topological polar surface area (TPSA) is 40.6 Å². The molecule has 9 heteroatoms. The van der Waals surface area contributed by atoms with Crippen LogP contribution in [0.3, 0.4) is 0 Å². The fourth-order valence-corrected chi connectivity index (χ4v) is 2.07. The molecule has 0 heterocycles. The van der Waals surface area contributed by atoms with E-state index in [4.69, 9.17) is 31.2 Å². The van der Waals surface area contributed by atoms with E-state index in [1.54, 1.807) is 0 Å².